The van der Waals surface area contributed by atoms with Gasteiger partial charge in [-0.25, -0.2) is 4.39 Å². The Hall–Kier alpha value is -1.74. The first kappa shape index (κ1) is 12.7. The van der Waals surface area contributed by atoms with E-state index in [0.717, 1.165) is 12.0 Å². The maximum Gasteiger partial charge on any atom is 0.153 e. The molecule has 0 saturated heterocycles. The smallest absolute Gasteiger partial charge is 0.153 e. The van der Waals surface area contributed by atoms with E-state index in [0.29, 0.717) is 22.2 Å². The van der Waals surface area contributed by atoms with E-state index in [4.69, 9.17) is 22.1 Å². The van der Waals surface area contributed by atoms with Gasteiger partial charge < -0.3 is 10.5 Å². The highest BCUT2D eigenvalue weighted by atomic mass is 35.5. The normalized spacial score (nSPS) is 10.4. The van der Waals surface area contributed by atoms with Crippen LogP contribution in [0, 0.1) is 5.82 Å². The number of anilines is 1. The van der Waals surface area contributed by atoms with Gasteiger partial charge in [-0.15, -0.1) is 0 Å². The molecule has 18 heavy (non-hydrogen) atoms. The summed E-state index contributed by atoms with van der Waals surface area (Å²) in [7, 11) is 0. The molecule has 2 aromatic carbocycles. The van der Waals surface area contributed by atoms with Crippen molar-refractivity contribution >= 4 is 17.3 Å². The average molecular weight is 266 g/mol. The van der Waals surface area contributed by atoms with Gasteiger partial charge in [0, 0.05) is 11.1 Å². The lowest BCUT2D eigenvalue weighted by Crippen LogP contribution is -1.93. The second-order valence-corrected chi connectivity index (χ2v) is 4.30. The van der Waals surface area contributed by atoms with Gasteiger partial charge in [0.25, 0.3) is 0 Å². The van der Waals surface area contributed by atoms with Gasteiger partial charge in [0.05, 0.1) is 5.69 Å². The minimum Gasteiger partial charge on any atom is -0.455 e. The third-order valence-electron chi connectivity index (χ3n) is 2.60. The maximum absolute atomic E-state index is 13.1. The molecule has 2 nitrogen and oxygen atoms in total. The fourth-order valence-corrected chi connectivity index (χ4v) is 1.86. The Morgan fingerprint density at radius 1 is 1.22 bits per heavy atom. The molecule has 0 aliphatic rings. The highest BCUT2D eigenvalue weighted by Gasteiger charge is 2.06. The van der Waals surface area contributed by atoms with E-state index in [1.54, 1.807) is 12.1 Å². The summed E-state index contributed by atoms with van der Waals surface area (Å²) in [5.41, 5.74) is 7.09. The van der Waals surface area contributed by atoms with Gasteiger partial charge >= 0.3 is 0 Å². The number of nitrogen functional groups attached to an aromatic ring is 1. The molecular weight excluding hydrogens is 253 g/mol. The van der Waals surface area contributed by atoms with E-state index in [1.165, 1.54) is 18.2 Å². The average Bonchev–Trinajstić information content (AvgIpc) is 2.36. The minimum atomic E-state index is -0.385. The molecule has 0 aromatic heterocycles. The van der Waals surface area contributed by atoms with Crippen molar-refractivity contribution in [3.8, 4) is 11.5 Å². The summed E-state index contributed by atoms with van der Waals surface area (Å²) in [5, 5.41) is 0.692. The number of hydrogen-bond acceptors (Lipinski definition) is 2. The van der Waals surface area contributed by atoms with Gasteiger partial charge in [-0.1, -0.05) is 18.5 Å². The van der Waals surface area contributed by atoms with Crippen molar-refractivity contribution in [2.75, 3.05) is 5.73 Å². The molecule has 2 aromatic rings. The Balaban J connectivity index is 2.31. The molecular formula is C14H13ClFNO. The van der Waals surface area contributed by atoms with E-state index in [1.807, 2.05) is 13.0 Å². The van der Waals surface area contributed by atoms with Crippen molar-refractivity contribution in [1.82, 2.24) is 0 Å². The summed E-state index contributed by atoms with van der Waals surface area (Å²) in [6.07, 6.45) is 0.800. The highest BCUT2D eigenvalue weighted by Crippen LogP contribution is 2.30. The van der Waals surface area contributed by atoms with E-state index in [2.05, 4.69) is 0 Å². The Morgan fingerprint density at radius 2 is 2.00 bits per heavy atom. The number of hydrogen-bond donors (Lipinski definition) is 1. The number of rotatable bonds is 3. The van der Waals surface area contributed by atoms with Crippen LogP contribution in [0.4, 0.5) is 10.1 Å². The molecule has 0 radical (unpaired) electrons. The van der Waals surface area contributed by atoms with Crippen LogP contribution in [0.5, 0.6) is 11.5 Å². The molecule has 0 atom stereocenters. The summed E-state index contributed by atoms with van der Waals surface area (Å²) in [4.78, 5) is 0. The Bertz CT molecular complexity index is 572. The number of ether oxygens (including phenoxy) is 1. The number of nitrogens with two attached hydrogens (primary N) is 1. The first-order valence-electron chi connectivity index (χ1n) is 5.61. The van der Waals surface area contributed by atoms with Crippen LogP contribution in [0.15, 0.2) is 36.4 Å². The van der Waals surface area contributed by atoms with Crippen molar-refractivity contribution in [1.29, 1.82) is 0 Å². The number of benzene rings is 2. The standard InChI is InChI=1S/C14H13ClFNO/c1-2-9-7-11(4-5-12(9)15)18-14-8-10(16)3-6-13(14)17/h3-8H,2,17H2,1H3. The Labute approximate surface area is 110 Å². The molecule has 0 saturated carbocycles. The molecule has 0 aliphatic heterocycles. The molecule has 4 heteroatoms. The zero-order chi connectivity index (χ0) is 13.1. The van der Waals surface area contributed by atoms with E-state index in [-0.39, 0.29) is 5.82 Å². The molecule has 0 fully saturated rings. The van der Waals surface area contributed by atoms with Crippen LogP contribution in [0.1, 0.15) is 12.5 Å². The monoisotopic (exact) mass is 265 g/mol. The summed E-state index contributed by atoms with van der Waals surface area (Å²) in [5.74, 6) is 0.511. The zero-order valence-corrected chi connectivity index (χ0v) is 10.7. The highest BCUT2D eigenvalue weighted by molar-refractivity contribution is 6.31. The van der Waals surface area contributed by atoms with Crippen molar-refractivity contribution in [2.45, 2.75) is 13.3 Å². The summed E-state index contributed by atoms with van der Waals surface area (Å²) in [6, 6.07) is 9.34. The fraction of sp³-hybridized carbons (Fsp3) is 0.143. The van der Waals surface area contributed by atoms with Crippen LogP contribution >= 0.6 is 11.6 Å². The second kappa shape index (κ2) is 5.27. The first-order valence-corrected chi connectivity index (χ1v) is 5.99. The summed E-state index contributed by atoms with van der Waals surface area (Å²) < 4.78 is 18.7. The van der Waals surface area contributed by atoms with Crippen molar-refractivity contribution in [3.05, 3.63) is 52.8 Å². The van der Waals surface area contributed by atoms with Crippen molar-refractivity contribution in [3.63, 3.8) is 0 Å². The van der Waals surface area contributed by atoms with E-state index < -0.39 is 0 Å². The zero-order valence-electron chi connectivity index (χ0n) is 9.91. The minimum absolute atomic E-state index is 0.305. The van der Waals surface area contributed by atoms with Crippen LogP contribution in [0.3, 0.4) is 0 Å². The van der Waals surface area contributed by atoms with E-state index >= 15 is 0 Å². The largest absolute Gasteiger partial charge is 0.455 e. The topological polar surface area (TPSA) is 35.2 Å². The first-order chi connectivity index (χ1) is 8.60. The number of halogens is 2. The molecule has 0 spiro atoms. The summed E-state index contributed by atoms with van der Waals surface area (Å²) >= 11 is 6.02. The Kier molecular flexibility index (Phi) is 3.72. The third kappa shape index (κ3) is 2.74. The lowest BCUT2D eigenvalue weighted by molar-refractivity contribution is 0.478. The quantitative estimate of drug-likeness (QED) is 0.834. The van der Waals surface area contributed by atoms with Gasteiger partial charge in [0.15, 0.2) is 5.75 Å². The fourth-order valence-electron chi connectivity index (χ4n) is 1.61. The lowest BCUT2D eigenvalue weighted by Gasteiger charge is -2.10. The summed E-state index contributed by atoms with van der Waals surface area (Å²) in [6.45, 7) is 2.00. The van der Waals surface area contributed by atoms with E-state index in [9.17, 15) is 4.39 Å². The van der Waals surface area contributed by atoms with Gasteiger partial charge in [-0.3, -0.25) is 0 Å². The third-order valence-corrected chi connectivity index (χ3v) is 2.97. The van der Waals surface area contributed by atoms with Crippen LogP contribution in [0.25, 0.3) is 0 Å². The van der Waals surface area contributed by atoms with Crippen molar-refractivity contribution in [2.24, 2.45) is 0 Å². The molecule has 94 valence electrons. The molecule has 0 unspecified atom stereocenters. The van der Waals surface area contributed by atoms with Crippen molar-refractivity contribution < 1.29 is 9.13 Å². The molecule has 2 N–H and O–H groups in total. The van der Waals surface area contributed by atoms with Crippen LogP contribution in [-0.4, -0.2) is 0 Å². The predicted octanol–water partition coefficient (Wildman–Crippen LogP) is 4.42. The number of aryl methyl sites for hydroxylation is 1. The van der Waals surface area contributed by atoms with Gasteiger partial charge in [0.1, 0.15) is 11.6 Å². The molecule has 0 amide bonds. The molecule has 0 aliphatic carbocycles. The Morgan fingerprint density at radius 3 is 2.72 bits per heavy atom. The van der Waals surface area contributed by atoms with Gasteiger partial charge in [0.2, 0.25) is 0 Å². The van der Waals surface area contributed by atoms with Gasteiger partial charge in [-0.05, 0) is 42.3 Å². The molecule has 2 rings (SSSR count). The van der Waals surface area contributed by atoms with Crippen LogP contribution in [0.2, 0.25) is 5.02 Å². The van der Waals surface area contributed by atoms with Crippen LogP contribution in [-0.2, 0) is 6.42 Å². The lowest BCUT2D eigenvalue weighted by atomic mass is 10.1. The SMILES string of the molecule is CCc1cc(Oc2cc(F)ccc2N)ccc1Cl. The molecule has 0 heterocycles. The van der Waals surface area contributed by atoms with Gasteiger partial charge in [-0.2, -0.15) is 0 Å². The maximum atomic E-state index is 13.1. The predicted molar refractivity (Wildman–Crippen MR) is 71.7 cm³/mol. The second-order valence-electron chi connectivity index (χ2n) is 3.89. The van der Waals surface area contributed by atoms with Crippen LogP contribution < -0.4 is 10.5 Å². The molecule has 0 bridgehead atoms.